The maximum absolute atomic E-state index is 6.08. The molecule has 264 valence electrons. The normalized spacial score (nSPS) is 13.0. The van der Waals surface area contributed by atoms with Gasteiger partial charge in [-0.1, -0.05) is 159 Å². The number of fused-ring (bicyclic) bond motifs is 7. The van der Waals surface area contributed by atoms with Gasteiger partial charge in [-0.3, -0.25) is 0 Å². The lowest BCUT2D eigenvalue weighted by molar-refractivity contribution is 0.661. The van der Waals surface area contributed by atoms with E-state index >= 15 is 0 Å². The van der Waals surface area contributed by atoms with Gasteiger partial charge in [0.15, 0.2) is 5.82 Å². The van der Waals surface area contributed by atoms with Crippen LogP contribution in [0.1, 0.15) is 25.0 Å². The summed E-state index contributed by atoms with van der Waals surface area (Å²) in [6, 6.07) is 64.8. The minimum absolute atomic E-state index is 0.0870. The van der Waals surface area contributed by atoms with Crippen molar-refractivity contribution in [2.75, 3.05) is 0 Å². The topological polar surface area (TPSA) is 38.9 Å². The van der Waals surface area contributed by atoms with Crippen LogP contribution >= 0.6 is 0 Å². The number of nitrogens with zero attached hydrogens (tertiary/aromatic N) is 2. The highest BCUT2D eigenvalue weighted by atomic mass is 16.3. The molecule has 56 heavy (non-hydrogen) atoms. The van der Waals surface area contributed by atoms with Crippen LogP contribution in [0.2, 0.25) is 0 Å². The molecule has 3 nitrogen and oxygen atoms in total. The van der Waals surface area contributed by atoms with E-state index in [1.54, 1.807) is 0 Å². The SMILES string of the molecule is CC1(C)c2cc3ccccc3cc2-c2c(-c3ccc(-c4cc(-c5ccc(-c6ccc7oc8ccccc8c7c6)cc5)nc(-c5ccccc5)n4)cc3)cccc21. The number of furan rings is 1. The van der Waals surface area contributed by atoms with E-state index in [-0.39, 0.29) is 5.41 Å². The summed E-state index contributed by atoms with van der Waals surface area (Å²) in [5.41, 5.74) is 16.7. The molecule has 0 radical (unpaired) electrons. The predicted molar refractivity (Wildman–Crippen MR) is 232 cm³/mol. The molecule has 0 atom stereocenters. The molecule has 0 aliphatic heterocycles. The Balaban J connectivity index is 0.970. The second-order valence-electron chi connectivity index (χ2n) is 15.4. The molecule has 2 heterocycles. The van der Waals surface area contributed by atoms with Crippen molar-refractivity contribution in [3.8, 4) is 67.3 Å². The van der Waals surface area contributed by atoms with E-state index < -0.39 is 0 Å². The monoisotopic (exact) mass is 716 g/mol. The van der Waals surface area contributed by atoms with Crippen molar-refractivity contribution in [3.05, 3.63) is 193 Å². The molecular formula is C53H36N2O. The average Bonchev–Trinajstić information content (AvgIpc) is 3.74. The number of hydrogen-bond donors (Lipinski definition) is 0. The molecule has 3 heteroatoms. The van der Waals surface area contributed by atoms with Gasteiger partial charge in [-0.15, -0.1) is 0 Å². The van der Waals surface area contributed by atoms with E-state index in [9.17, 15) is 0 Å². The molecule has 2 aromatic heterocycles. The molecule has 1 aliphatic carbocycles. The Bertz CT molecular complexity index is 3140. The molecule has 10 aromatic rings. The van der Waals surface area contributed by atoms with Gasteiger partial charge in [0, 0.05) is 32.9 Å². The highest BCUT2D eigenvalue weighted by Crippen LogP contribution is 2.53. The van der Waals surface area contributed by atoms with Gasteiger partial charge in [-0.05, 0) is 91.7 Å². The van der Waals surface area contributed by atoms with Crippen LogP contribution in [0.3, 0.4) is 0 Å². The summed E-state index contributed by atoms with van der Waals surface area (Å²) < 4.78 is 6.08. The smallest absolute Gasteiger partial charge is 0.160 e. The number of hydrogen-bond acceptors (Lipinski definition) is 3. The van der Waals surface area contributed by atoms with E-state index in [0.29, 0.717) is 5.82 Å². The van der Waals surface area contributed by atoms with Crippen LogP contribution in [0.25, 0.3) is 100.0 Å². The standard InChI is InChI=1S/C53H36N2O/c1-53(2)45-17-10-16-41(51(45)44-30-38-13-6-7-14-39(38)31-46(44)53)34-21-25-36(26-22-34)48-32-47(54-52(55-48)37-11-4-3-5-12-37)35-23-19-33(20-24-35)40-27-28-50-43(29-40)42-15-8-9-18-49(42)56-50/h3-32H,1-2H3. The van der Waals surface area contributed by atoms with Crippen molar-refractivity contribution < 1.29 is 4.42 Å². The molecular weight excluding hydrogens is 681 g/mol. The largest absolute Gasteiger partial charge is 0.456 e. The van der Waals surface area contributed by atoms with E-state index in [4.69, 9.17) is 14.4 Å². The van der Waals surface area contributed by atoms with Gasteiger partial charge >= 0.3 is 0 Å². The lowest BCUT2D eigenvalue weighted by Gasteiger charge is -2.22. The Morgan fingerprint density at radius 2 is 1.00 bits per heavy atom. The van der Waals surface area contributed by atoms with Crippen molar-refractivity contribution in [3.63, 3.8) is 0 Å². The lowest BCUT2D eigenvalue weighted by atomic mass is 9.81. The summed E-state index contributed by atoms with van der Waals surface area (Å²) in [7, 11) is 0. The van der Waals surface area contributed by atoms with Gasteiger partial charge in [-0.2, -0.15) is 0 Å². The highest BCUT2D eigenvalue weighted by molar-refractivity contribution is 6.06. The highest BCUT2D eigenvalue weighted by Gasteiger charge is 2.37. The summed E-state index contributed by atoms with van der Waals surface area (Å²) >= 11 is 0. The zero-order valence-electron chi connectivity index (χ0n) is 31.1. The summed E-state index contributed by atoms with van der Waals surface area (Å²) in [5.74, 6) is 0.704. The number of para-hydroxylation sites is 1. The minimum atomic E-state index is -0.0870. The molecule has 0 saturated carbocycles. The predicted octanol–water partition coefficient (Wildman–Crippen LogP) is 14.2. The van der Waals surface area contributed by atoms with Crippen LogP contribution in [-0.2, 0) is 5.41 Å². The lowest BCUT2D eigenvalue weighted by Crippen LogP contribution is -2.14. The second kappa shape index (κ2) is 12.5. The molecule has 1 aliphatic rings. The van der Waals surface area contributed by atoms with Crippen LogP contribution in [-0.4, -0.2) is 9.97 Å². The average molecular weight is 717 g/mol. The van der Waals surface area contributed by atoms with Crippen LogP contribution in [0.4, 0.5) is 0 Å². The fraction of sp³-hybridized carbons (Fsp3) is 0.0566. The van der Waals surface area contributed by atoms with Crippen molar-refractivity contribution in [2.45, 2.75) is 19.3 Å². The summed E-state index contributed by atoms with van der Waals surface area (Å²) in [4.78, 5) is 10.2. The number of rotatable bonds is 5. The number of benzene rings is 8. The Labute approximate surface area is 325 Å². The zero-order chi connectivity index (χ0) is 37.4. The maximum Gasteiger partial charge on any atom is 0.160 e. The van der Waals surface area contributed by atoms with E-state index in [2.05, 4.69) is 166 Å². The molecule has 0 spiro atoms. The molecule has 0 N–H and O–H groups in total. The summed E-state index contributed by atoms with van der Waals surface area (Å²) in [6.45, 7) is 4.71. The first-order chi connectivity index (χ1) is 27.5. The fourth-order valence-corrected chi connectivity index (χ4v) is 8.73. The Morgan fingerprint density at radius 1 is 0.393 bits per heavy atom. The fourth-order valence-electron chi connectivity index (χ4n) is 8.73. The molecule has 0 unspecified atom stereocenters. The van der Waals surface area contributed by atoms with Crippen molar-refractivity contribution in [1.29, 1.82) is 0 Å². The van der Waals surface area contributed by atoms with E-state index in [0.717, 1.165) is 61.1 Å². The van der Waals surface area contributed by atoms with Gasteiger partial charge in [0.1, 0.15) is 11.2 Å². The molecule has 0 saturated heterocycles. The van der Waals surface area contributed by atoms with Gasteiger partial charge in [-0.25, -0.2) is 9.97 Å². The van der Waals surface area contributed by atoms with Gasteiger partial charge in [0.2, 0.25) is 0 Å². The molecule has 0 bridgehead atoms. The van der Waals surface area contributed by atoms with Gasteiger partial charge in [0.05, 0.1) is 11.4 Å². The first-order valence-corrected chi connectivity index (χ1v) is 19.2. The van der Waals surface area contributed by atoms with Crippen LogP contribution in [0.5, 0.6) is 0 Å². The van der Waals surface area contributed by atoms with Gasteiger partial charge in [0.25, 0.3) is 0 Å². The Kier molecular flexibility index (Phi) is 7.20. The van der Waals surface area contributed by atoms with E-state index in [1.165, 1.54) is 44.2 Å². The summed E-state index contributed by atoms with van der Waals surface area (Å²) in [6.07, 6.45) is 0. The quantitative estimate of drug-likeness (QED) is 0.178. The second-order valence-corrected chi connectivity index (χ2v) is 15.4. The first kappa shape index (κ1) is 32.3. The maximum atomic E-state index is 6.08. The van der Waals surface area contributed by atoms with Crippen LogP contribution in [0.15, 0.2) is 186 Å². The van der Waals surface area contributed by atoms with Crippen LogP contribution < -0.4 is 0 Å². The van der Waals surface area contributed by atoms with E-state index in [1.807, 2.05) is 30.3 Å². The van der Waals surface area contributed by atoms with Gasteiger partial charge < -0.3 is 4.42 Å². The molecule has 8 aromatic carbocycles. The number of aromatic nitrogens is 2. The molecule has 11 rings (SSSR count). The third-order valence-electron chi connectivity index (χ3n) is 11.7. The first-order valence-electron chi connectivity index (χ1n) is 19.2. The van der Waals surface area contributed by atoms with Crippen molar-refractivity contribution in [2.24, 2.45) is 0 Å². The third-order valence-corrected chi connectivity index (χ3v) is 11.7. The van der Waals surface area contributed by atoms with Crippen molar-refractivity contribution in [1.82, 2.24) is 9.97 Å². The van der Waals surface area contributed by atoms with Crippen LogP contribution in [0, 0.1) is 0 Å². The Morgan fingerprint density at radius 3 is 1.75 bits per heavy atom. The van der Waals surface area contributed by atoms with Crippen molar-refractivity contribution >= 4 is 32.7 Å². The Hall–Kier alpha value is -7.10. The zero-order valence-corrected chi connectivity index (χ0v) is 31.1. The molecule has 0 amide bonds. The minimum Gasteiger partial charge on any atom is -0.456 e. The molecule has 0 fully saturated rings. The third kappa shape index (κ3) is 5.20. The summed E-state index contributed by atoms with van der Waals surface area (Å²) in [5, 5.41) is 4.81.